The summed E-state index contributed by atoms with van der Waals surface area (Å²) in [4.78, 5) is 24.5. The molecule has 4 aliphatic carbocycles. The third-order valence-electron chi connectivity index (χ3n) is 6.46. The number of hydrogen-bond donors (Lipinski definition) is 0. The Labute approximate surface area is 139 Å². The first kappa shape index (κ1) is 16.8. The molecule has 0 amide bonds. The van der Waals surface area contributed by atoms with Gasteiger partial charge in [0, 0.05) is 0 Å². The maximum Gasteiger partial charge on any atom is 0.312 e. The average molecular weight is 322 g/mol. The lowest BCUT2D eigenvalue weighted by molar-refractivity contribution is -0.175. The first-order valence-electron chi connectivity index (χ1n) is 9.19. The number of rotatable bonds is 6. The molecule has 0 atom stereocenters. The molecule has 0 unspecified atom stereocenters. The van der Waals surface area contributed by atoms with Crippen molar-refractivity contribution in [3.63, 3.8) is 0 Å². The van der Waals surface area contributed by atoms with E-state index in [2.05, 4.69) is 0 Å². The molecule has 0 spiro atoms. The van der Waals surface area contributed by atoms with Crippen molar-refractivity contribution in [3.05, 3.63) is 0 Å². The Morgan fingerprint density at radius 2 is 1.43 bits per heavy atom. The predicted molar refractivity (Wildman–Crippen MR) is 86.6 cm³/mol. The minimum atomic E-state index is -0.468. The standard InChI is InChI=1S/C19H30O4/c1-4-18(2,3)16(20)22-5-6-23-17(21)19-10-13-7-14(11-19)9-15(8-13)12-19/h13-15H,4-12H2,1-3H3. The summed E-state index contributed by atoms with van der Waals surface area (Å²) < 4.78 is 10.8. The summed E-state index contributed by atoms with van der Waals surface area (Å²) in [5, 5.41) is 0. The normalized spacial score (nSPS) is 35.2. The van der Waals surface area contributed by atoms with Crippen molar-refractivity contribution in [3.8, 4) is 0 Å². The van der Waals surface area contributed by atoms with Gasteiger partial charge in [0.25, 0.3) is 0 Å². The summed E-state index contributed by atoms with van der Waals surface area (Å²) in [6, 6.07) is 0. The number of hydrogen-bond acceptors (Lipinski definition) is 4. The molecule has 4 rings (SSSR count). The zero-order valence-corrected chi connectivity index (χ0v) is 14.7. The molecule has 0 aromatic carbocycles. The minimum Gasteiger partial charge on any atom is -0.462 e. The fourth-order valence-electron chi connectivity index (χ4n) is 5.12. The summed E-state index contributed by atoms with van der Waals surface area (Å²) in [6.07, 6.45) is 7.73. The Morgan fingerprint density at radius 3 is 1.91 bits per heavy atom. The van der Waals surface area contributed by atoms with Gasteiger partial charge in [-0.1, -0.05) is 6.92 Å². The third-order valence-corrected chi connectivity index (χ3v) is 6.46. The second-order valence-corrected chi connectivity index (χ2v) is 8.71. The zero-order valence-electron chi connectivity index (χ0n) is 14.7. The van der Waals surface area contributed by atoms with Gasteiger partial charge in [0.15, 0.2) is 0 Å². The van der Waals surface area contributed by atoms with Gasteiger partial charge >= 0.3 is 11.9 Å². The molecule has 4 bridgehead atoms. The van der Waals surface area contributed by atoms with E-state index < -0.39 is 5.41 Å². The predicted octanol–water partition coefficient (Wildman–Crippen LogP) is 3.73. The molecule has 4 nitrogen and oxygen atoms in total. The molecule has 4 aliphatic rings. The monoisotopic (exact) mass is 322 g/mol. The van der Waals surface area contributed by atoms with Gasteiger partial charge in [-0.2, -0.15) is 0 Å². The van der Waals surface area contributed by atoms with Gasteiger partial charge < -0.3 is 9.47 Å². The van der Waals surface area contributed by atoms with E-state index in [9.17, 15) is 9.59 Å². The molecule has 4 heteroatoms. The quantitative estimate of drug-likeness (QED) is 0.552. The van der Waals surface area contributed by atoms with Gasteiger partial charge in [-0.25, -0.2) is 0 Å². The van der Waals surface area contributed by atoms with Gasteiger partial charge in [-0.05, 0) is 76.5 Å². The van der Waals surface area contributed by atoms with Crippen molar-refractivity contribution in [1.29, 1.82) is 0 Å². The minimum absolute atomic E-state index is 0.0394. The molecule has 23 heavy (non-hydrogen) atoms. The lowest BCUT2D eigenvalue weighted by Crippen LogP contribution is -2.50. The summed E-state index contributed by atoms with van der Waals surface area (Å²) in [7, 11) is 0. The van der Waals surface area contributed by atoms with E-state index >= 15 is 0 Å². The van der Waals surface area contributed by atoms with Crippen LogP contribution in [0.15, 0.2) is 0 Å². The molecule has 4 fully saturated rings. The Bertz CT molecular complexity index is 444. The zero-order chi connectivity index (χ0) is 16.7. The molecule has 4 saturated carbocycles. The Morgan fingerprint density at radius 1 is 0.957 bits per heavy atom. The van der Waals surface area contributed by atoms with Gasteiger partial charge in [0.05, 0.1) is 10.8 Å². The van der Waals surface area contributed by atoms with Crippen molar-refractivity contribution in [1.82, 2.24) is 0 Å². The topological polar surface area (TPSA) is 52.6 Å². The van der Waals surface area contributed by atoms with Crippen molar-refractivity contribution in [2.45, 2.75) is 65.7 Å². The Hall–Kier alpha value is -1.06. The smallest absolute Gasteiger partial charge is 0.312 e. The highest BCUT2D eigenvalue weighted by Gasteiger charge is 2.55. The van der Waals surface area contributed by atoms with Crippen LogP contribution in [0.5, 0.6) is 0 Å². The first-order valence-corrected chi connectivity index (χ1v) is 9.19. The SMILES string of the molecule is CCC(C)(C)C(=O)OCCOC(=O)C12CC3CC(CC(C3)C1)C2. The molecular formula is C19H30O4. The first-order chi connectivity index (χ1) is 10.8. The van der Waals surface area contributed by atoms with E-state index in [0.717, 1.165) is 43.4 Å². The highest BCUT2D eigenvalue weighted by Crippen LogP contribution is 2.60. The molecule has 130 valence electrons. The largest absolute Gasteiger partial charge is 0.462 e. The molecule has 0 N–H and O–H groups in total. The van der Waals surface area contributed by atoms with Gasteiger partial charge in [-0.3, -0.25) is 9.59 Å². The van der Waals surface area contributed by atoms with Gasteiger partial charge in [-0.15, -0.1) is 0 Å². The van der Waals surface area contributed by atoms with Crippen LogP contribution in [0.25, 0.3) is 0 Å². The van der Waals surface area contributed by atoms with E-state index in [1.54, 1.807) is 0 Å². The number of ether oxygens (including phenoxy) is 2. The van der Waals surface area contributed by atoms with E-state index in [1.807, 2.05) is 20.8 Å². The summed E-state index contributed by atoms with van der Waals surface area (Å²) in [5.41, 5.74) is -0.689. The van der Waals surface area contributed by atoms with Crippen molar-refractivity contribution in [2.24, 2.45) is 28.6 Å². The molecule has 0 heterocycles. The van der Waals surface area contributed by atoms with Gasteiger partial charge in [0.1, 0.15) is 13.2 Å². The van der Waals surface area contributed by atoms with Crippen LogP contribution in [0.4, 0.5) is 0 Å². The van der Waals surface area contributed by atoms with Crippen molar-refractivity contribution in [2.75, 3.05) is 13.2 Å². The average Bonchev–Trinajstić information content (AvgIpc) is 2.49. The van der Waals surface area contributed by atoms with Crippen LogP contribution in [0, 0.1) is 28.6 Å². The second-order valence-electron chi connectivity index (χ2n) is 8.71. The van der Waals surface area contributed by atoms with E-state index in [0.29, 0.717) is 0 Å². The van der Waals surface area contributed by atoms with Gasteiger partial charge in [0.2, 0.25) is 0 Å². The Balaban J connectivity index is 1.46. The van der Waals surface area contributed by atoms with Crippen LogP contribution < -0.4 is 0 Å². The molecule has 0 aromatic heterocycles. The Kier molecular flexibility index (Phi) is 4.45. The van der Waals surface area contributed by atoms with Crippen LogP contribution in [0.3, 0.4) is 0 Å². The maximum absolute atomic E-state index is 12.6. The summed E-state index contributed by atoms with van der Waals surface area (Å²) in [6.45, 7) is 6.06. The molecular weight excluding hydrogens is 292 g/mol. The van der Waals surface area contributed by atoms with Crippen molar-refractivity contribution < 1.29 is 19.1 Å². The number of esters is 2. The van der Waals surface area contributed by atoms with Crippen LogP contribution >= 0.6 is 0 Å². The van der Waals surface area contributed by atoms with Crippen LogP contribution in [-0.4, -0.2) is 25.2 Å². The van der Waals surface area contributed by atoms with Crippen molar-refractivity contribution >= 4 is 11.9 Å². The molecule has 0 aliphatic heterocycles. The van der Waals surface area contributed by atoms with Crippen LogP contribution in [0.1, 0.15) is 65.7 Å². The van der Waals surface area contributed by atoms with E-state index in [1.165, 1.54) is 19.3 Å². The summed E-state index contributed by atoms with van der Waals surface area (Å²) >= 11 is 0. The maximum atomic E-state index is 12.6. The highest BCUT2D eigenvalue weighted by molar-refractivity contribution is 5.78. The number of carbonyl (C=O) groups excluding carboxylic acids is 2. The lowest BCUT2D eigenvalue weighted by atomic mass is 9.49. The molecule has 0 radical (unpaired) electrons. The molecule has 0 saturated heterocycles. The van der Waals surface area contributed by atoms with E-state index in [4.69, 9.17) is 9.47 Å². The second kappa shape index (κ2) is 6.10. The lowest BCUT2D eigenvalue weighted by Gasteiger charge is -2.55. The van der Waals surface area contributed by atoms with Crippen LogP contribution in [-0.2, 0) is 19.1 Å². The highest BCUT2D eigenvalue weighted by atomic mass is 16.6. The van der Waals surface area contributed by atoms with Crippen LogP contribution in [0.2, 0.25) is 0 Å². The summed E-state index contributed by atoms with van der Waals surface area (Å²) in [5.74, 6) is 1.94. The number of carbonyl (C=O) groups is 2. The fourth-order valence-corrected chi connectivity index (χ4v) is 5.12. The van der Waals surface area contributed by atoms with E-state index in [-0.39, 0.29) is 30.6 Å². The molecule has 0 aromatic rings. The third kappa shape index (κ3) is 3.27. The fraction of sp³-hybridized carbons (Fsp3) is 0.895.